The van der Waals surface area contributed by atoms with Crippen LogP contribution in [0.3, 0.4) is 0 Å². The van der Waals surface area contributed by atoms with Crippen molar-refractivity contribution in [1.29, 1.82) is 0 Å². The van der Waals surface area contributed by atoms with E-state index in [1.54, 1.807) is 18.2 Å². The number of thioether (sulfide) groups is 1. The van der Waals surface area contributed by atoms with Crippen LogP contribution in [0.4, 0.5) is 0 Å². The second-order valence-corrected chi connectivity index (χ2v) is 7.20. The van der Waals surface area contributed by atoms with Crippen LogP contribution in [0.1, 0.15) is 33.6 Å². The van der Waals surface area contributed by atoms with E-state index in [1.807, 2.05) is 0 Å². The molecule has 22 heavy (non-hydrogen) atoms. The largest absolute Gasteiger partial charge is 0.295 e. The Morgan fingerprint density at radius 1 is 1.23 bits per heavy atom. The smallest absolute Gasteiger partial charge is 0.263 e. The number of fused-ring (bicyclic) bond motifs is 1. The quantitative estimate of drug-likeness (QED) is 0.486. The molecule has 1 N–H and O–H groups in total. The highest BCUT2D eigenvalue weighted by molar-refractivity contribution is 9.11. The third kappa shape index (κ3) is 2.36. The maximum atomic E-state index is 12.6. The van der Waals surface area contributed by atoms with Crippen molar-refractivity contribution in [1.82, 2.24) is 10.2 Å². The molecule has 0 radical (unpaired) electrons. The van der Waals surface area contributed by atoms with Crippen LogP contribution in [0.2, 0.25) is 0 Å². The summed E-state index contributed by atoms with van der Waals surface area (Å²) in [5, 5.41) is 2.18. The van der Waals surface area contributed by atoms with Crippen molar-refractivity contribution >= 4 is 51.3 Å². The summed E-state index contributed by atoms with van der Waals surface area (Å²) in [6, 6.07) is 4.14. The Kier molecular flexibility index (Phi) is 4.05. The van der Waals surface area contributed by atoms with Crippen LogP contribution < -0.4 is 5.32 Å². The zero-order valence-corrected chi connectivity index (χ0v) is 13.7. The van der Waals surface area contributed by atoms with E-state index in [-0.39, 0.29) is 18.7 Å². The third-order valence-corrected chi connectivity index (χ3v) is 5.09. The van der Waals surface area contributed by atoms with E-state index in [4.69, 9.17) is 0 Å². The average molecular weight is 383 g/mol. The molecule has 1 atom stereocenters. The zero-order valence-electron chi connectivity index (χ0n) is 11.3. The molecule has 1 fully saturated rings. The second-order valence-electron chi connectivity index (χ2n) is 4.88. The van der Waals surface area contributed by atoms with Crippen LogP contribution in [0.25, 0.3) is 0 Å². The fourth-order valence-electron chi connectivity index (χ4n) is 2.66. The number of nitrogens with one attached hydrogen (secondary N) is 1. The molecule has 1 aromatic carbocycles. The first-order chi connectivity index (χ1) is 10.5. The van der Waals surface area contributed by atoms with Gasteiger partial charge in [-0.2, -0.15) is 0 Å². The molecule has 0 aliphatic carbocycles. The second kappa shape index (κ2) is 5.85. The normalized spacial score (nSPS) is 21.1. The van der Waals surface area contributed by atoms with Gasteiger partial charge in [0.1, 0.15) is 6.04 Å². The first-order valence-electron chi connectivity index (χ1n) is 6.58. The topological polar surface area (TPSA) is 83.6 Å². The number of nitrogens with zero attached hydrogens (tertiary/aromatic N) is 1. The lowest BCUT2D eigenvalue weighted by Gasteiger charge is -2.27. The predicted molar refractivity (Wildman–Crippen MR) is 82.8 cm³/mol. The number of rotatable bonds is 3. The molecule has 2 aliphatic rings. The SMILES string of the molecule is O=C1CCC(N2C(=O)c3cccc(SCBr)c3C2=O)C(=O)N1. The molecule has 0 bridgehead atoms. The van der Waals surface area contributed by atoms with Gasteiger partial charge in [0.25, 0.3) is 11.8 Å². The van der Waals surface area contributed by atoms with Gasteiger partial charge >= 0.3 is 0 Å². The van der Waals surface area contributed by atoms with E-state index >= 15 is 0 Å². The minimum Gasteiger partial charge on any atom is -0.295 e. The number of alkyl halides is 1. The molecule has 8 heteroatoms. The van der Waals surface area contributed by atoms with Crippen LogP contribution in [-0.2, 0) is 9.59 Å². The fraction of sp³-hybridized carbons (Fsp3) is 0.286. The van der Waals surface area contributed by atoms with Crippen molar-refractivity contribution < 1.29 is 19.2 Å². The van der Waals surface area contributed by atoms with E-state index in [1.165, 1.54) is 11.8 Å². The predicted octanol–water partition coefficient (Wildman–Crippen LogP) is 1.53. The summed E-state index contributed by atoms with van der Waals surface area (Å²) in [5.41, 5.74) is 0.641. The lowest BCUT2D eigenvalue weighted by atomic mass is 10.0. The van der Waals surface area contributed by atoms with Gasteiger partial charge in [0.2, 0.25) is 11.8 Å². The van der Waals surface area contributed by atoms with Crippen LogP contribution in [0, 0.1) is 0 Å². The first-order valence-corrected chi connectivity index (χ1v) is 8.68. The molecule has 0 saturated carbocycles. The molecule has 3 rings (SSSR count). The number of benzene rings is 1. The summed E-state index contributed by atoms with van der Waals surface area (Å²) in [6.07, 6.45) is 0.282. The number of piperidine rings is 1. The Morgan fingerprint density at radius 3 is 2.68 bits per heavy atom. The van der Waals surface area contributed by atoms with Crippen molar-refractivity contribution in [2.45, 2.75) is 23.8 Å². The Hall–Kier alpha value is -1.67. The standard InChI is InChI=1S/C14H11BrN2O4S/c15-6-22-9-3-1-2-7-11(9)14(21)17(13(7)20)8-4-5-10(18)16-12(8)19/h1-3,8H,4-6H2,(H,16,18,19). The maximum Gasteiger partial charge on any atom is 0.263 e. The molecule has 0 aromatic heterocycles. The minimum absolute atomic E-state index is 0.118. The summed E-state index contributed by atoms with van der Waals surface area (Å²) in [5.74, 6) is -1.93. The van der Waals surface area contributed by atoms with Gasteiger partial charge in [0.05, 0.1) is 15.8 Å². The summed E-state index contributed by atoms with van der Waals surface area (Å²) < 4.78 is 0.587. The van der Waals surface area contributed by atoms with Gasteiger partial charge in [-0.1, -0.05) is 22.0 Å². The summed E-state index contributed by atoms with van der Waals surface area (Å²) >= 11 is 4.69. The first kappa shape index (κ1) is 15.2. The molecule has 0 spiro atoms. The van der Waals surface area contributed by atoms with E-state index < -0.39 is 23.8 Å². The van der Waals surface area contributed by atoms with Gasteiger partial charge in [0.15, 0.2) is 0 Å². The van der Waals surface area contributed by atoms with E-state index in [2.05, 4.69) is 21.2 Å². The van der Waals surface area contributed by atoms with Crippen molar-refractivity contribution in [3.05, 3.63) is 29.3 Å². The third-order valence-electron chi connectivity index (χ3n) is 3.64. The van der Waals surface area contributed by atoms with Gasteiger partial charge in [-0.05, 0) is 18.6 Å². The molecule has 1 aromatic rings. The van der Waals surface area contributed by atoms with Crippen molar-refractivity contribution in [2.24, 2.45) is 0 Å². The molecule has 114 valence electrons. The van der Waals surface area contributed by atoms with E-state index in [9.17, 15) is 19.2 Å². The molecule has 6 nitrogen and oxygen atoms in total. The molecule has 4 amide bonds. The number of amides is 4. The van der Waals surface area contributed by atoms with Crippen LogP contribution in [0.5, 0.6) is 0 Å². The summed E-state index contributed by atoms with van der Waals surface area (Å²) in [7, 11) is 0. The molecule has 1 unspecified atom stereocenters. The molecule has 2 aliphatic heterocycles. The van der Waals surface area contributed by atoms with Crippen molar-refractivity contribution in [2.75, 3.05) is 4.66 Å². The lowest BCUT2D eigenvalue weighted by Crippen LogP contribution is -2.54. The Bertz CT molecular complexity index is 706. The zero-order chi connectivity index (χ0) is 15.9. The molecule has 1 saturated heterocycles. The molecular formula is C14H11BrN2O4S. The van der Waals surface area contributed by atoms with E-state index in [0.717, 1.165) is 4.90 Å². The number of halogens is 1. The molecular weight excluding hydrogens is 372 g/mol. The number of hydrogen-bond donors (Lipinski definition) is 1. The Morgan fingerprint density at radius 2 is 2.00 bits per heavy atom. The van der Waals surface area contributed by atoms with Crippen LogP contribution in [0.15, 0.2) is 23.1 Å². The highest BCUT2D eigenvalue weighted by atomic mass is 79.9. The van der Waals surface area contributed by atoms with Crippen LogP contribution >= 0.6 is 27.7 Å². The Labute approximate surface area is 138 Å². The lowest BCUT2D eigenvalue weighted by molar-refractivity contribution is -0.136. The minimum atomic E-state index is -0.924. The summed E-state index contributed by atoms with van der Waals surface area (Å²) in [6.45, 7) is 0. The monoisotopic (exact) mass is 382 g/mol. The van der Waals surface area contributed by atoms with Crippen molar-refractivity contribution in [3.63, 3.8) is 0 Å². The highest BCUT2D eigenvalue weighted by Crippen LogP contribution is 2.34. The van der Waals surface area contributed by atoms with Gasteiger partial charge in [-0.25, -0.2) is 0 Å². The number of hydrogen-bond acceptors (Lipinski definition) is 5. The Balaban J connectivity index is 1.98. The van der Waals surface area contributed by atoms with Gasteiger partial charge < -0.3 is 0 Å². The maximum absolute atomic E-state index is 12.6. The fourth-order valence-corrected chi connectivity index (χ4v) is 4.04. The number of imide groups is 2. The highest BCUT2D eigenvalue weighted by Gasteiger charge is 2.45. The summed E-state index contributed by atoms with van der Waals surface area (Å²) in [4.78, 5) is 50.0. The van der Waals surface area contributed by atoms with Gasteiger partial charge in [-0.15, -0.1) is 11.8 Å². The van der Waals surface area contributed by atoms with Gasteiger partial charge in [0, 0.05) is 11.3 Å². The molecule has 2 heterocycles. The van der Waals surface area contributed by atoms with E-state index in [0.29, 0.717) is 20.7 Å². The van der Waals surface area contributed by atoms with Crippen molar-refractivity contribution in [3.8, 4) is 0 Å². The number of carbonyl (C=O) groups is 4. The average Bonchev–Trinajstić information content (AvgIpc) is 2.73. The van der Waals surface area contributed by atoms with Crippen LogP contribution in [-0.4, -0.2) is 39.2 Å². The number of carbonyl (C=O) groups excluding carboxylic acids is 4. The van der Waals surface area contributed by atoms with Gasteiger partial charge in [-0.3, -0.25) is 29.4 Å².